The van der Waals surface area contributed by atoms with E-state index < -0.39 is 11.9 Å². The zero-order chi connectivity index (χ0) is 45.1. The maximum atomic E-state index is 12.1. The van der Waals surface area contributed by atoms with Gasteiger partial charge in [0.25, 0.3) is 11.8 Å². The lowest BCUT2D eigenvalue weighted by atomic mass is 10.0. The lowest BCUT2D eigenvalue weighted by molar-refractivity contribution is 0.0697. The summed E-state index contributed by atoms with van der Waals surface area (Å²) in [7, 11) is 0. The van der Waals surface area contributed by atoms with E-state index in [1.54, 1.807) is 30.3 Å². The highest BCUT2D eigenvalue weighted by Gasteiger charge is 2.16. The molecule has 0 fully saturated rings. The molecule has 2 aromatic heterocycles. The summed E-state index contributed by atoms with van der Waals surface area (Å²) in [6.45, 7) is 4.02. The van der Waals surface area contributed by atoms with Gasteiger partial charge < -0.3 is 30.3 Å². The topological polar surface area (TPSA) is 148 Å². The second-order valence-electron chi connectivity index (χ2n) is 15.3. The molecule has 324 valence electrons. The molecule has 0 radical (unpaired) electrons. The van der Waals surface area contributed by atoms with Gasteiger partial charge in [-0.25, -0.2) is 4.79 Å². The summed E-state index contributed by atoms with van der Waals surface area (Å²) in [5.41, 5.74) is 17.5. The summed E-state index contributed by atoms with van der Waals surface area (Å²) in [6.07, 6.45) is 8.51. The van der Waals surface area contributed by atoms with Gasteiger partial charge in [0, 0.05) is 11.4 Å². The molecule has 64 heavy (non-hydrogen) atoms. The highest BCUT2D eigenvalue weighted by atomic mass is 16.4. The molecule has 6 aromatic carbocycles. The Bertz CT molecular complexity index is 2700. The number of nitrogens with one attached hydrogen (secondary N) is 2. The fourth-order valence-electron chi connectivity index (χ4n) is 6.83. The average molecular weight is 852 g/mol. The average Bonchev–Trinajstić information content (AvgIpc) is 4.07. The lowest BCUT2D eigenvalue weighted by Crippen LogP contribution is -2.14. The van der Waals surface area contributed by atoms with Crippen molar-refractivity contribution in [3.63, 3.8) is 0 Å². The van der Waals surface area contributed by atoms with Crippen LogP contribution in [0.15, 0.2) is 191 Å². The monoisotopic (exact) mass is 851 g/mol. The van der Waals surface area contributed by atoms with Crippen molar-refractivity contribution in [2.45, 2.75) is 52.4 Å². The van der Waals surface area contributed by atoms with Crippen LogP contribution in [0.3, 0.4) is 0 Å². The van der Waals surface area contributed by atoms with Crippen LogP contribution in [0.4, 0.5) is 17.1 Å². The highest BCUT2D eigenvalue weighted by molar-refractivity contribution is 6.06. The summed E-state index contributed by atoms with van der Waals surface area (Å²) < 4.78 is 10.2. The fourth-order valence-corrected chi connectivity index (χ4v) is 6.83. The second-order valence-corrected chi connectivity index (χ2v) is 15.3. The number of hydrogen-bond acceptors (Lipinski definition) is 6. The van der Waals surface area contributed by atoms with E-state index in [4.69, 9.17) is 14.6 Å². The van der Waals surface area contributed by atoms with Crippen molar-refractivity contribution in [3.05, 3.63) is 244 Å². The second kappa shape index (κ2) is 23.3. The molecule has 0 spiro atoms. The molecule has 0 atom stereocenters. The number of furan rings is 2. The molecule has 0 aliphatic rings. The van der Waals surface area contributed by atoms with Crippen LogP contribution in [0.25, 0.3) is 0 Å². The van der Waals surface area contributed by atoms with Crippen molar-refractivity contribution < 1.29 is 28.3 Å². The van der Waals surface area contributed by atoms with E-state index in [9.17, 15) is 19.5 Å². The van der Waals surface area contributed by atoms with Crippen molar-refractivity contribution >= 4 is 34.8 Å². The molecule has 0 bridgehead atoms. The van der Waals surface area contributed by atoms with Crippen LogP contribution in [0.1, 0.15) is 76.0 Å². The minimum absolute atomic E-state index is 0.0448. The fraction of sp³-hybridized carbons (Fsp3) is 0.145. The minimum Gasteiger partial charge on any atom is -0.478 e. The number of carboxylic acid groups (broad SMARTS) is 1. The smallest absolute Gasteiger partial charge is 0.337 e. The molecule has 2 heterocycles. The molecule has 0 unspecified atom stereocenters. The molecular formula is C55H53N3O6. The minimum atomic E-state index is -1.09. The molecule has 5 N–H and O–H groups in total. The first kappa shape index (κ1) is 45.6. The zero-order valence-corrected chi connectivity index (χ0v) is 36.1. The summed E-state index contributed by atoms with van der Waals surface area (Å²) in [6, 6.07) is 55.0. The maximum absolute atomic E-state index is 12.1. The number of nitrogen functional groups attached to an aromatic ring is 1. The first-order valence-corrected chi connectivity index (χ1v) is 21.2. The van der Waals surface area contributed by atoms with Gasteiger partial charge in [-0.3, -0.25) is 9.59 Å². The van der Waals surface area contributed by atoms with Crippen LogP contribution >= 0.6 is 0 Å². The van der Waals surface area contributed by atoms with E-state index >= 15 is 0 Å². The molecule has 0 aliphatic carbocycles. The third-order valence-electron chi connectivity index (χ3n) is 10.6. The van der Waals surface area contributed by atoms with E-state index in [0.29, 0.717) is 5.76 Å². The van der Waals surface area contributed by atoms with E-state index in [2.05, 4.69) is 83.4 Å². The van der Waals surface area contributed by atoms with Gasteiger partial charge in [-0.15, -0.1) is 0 Å². The SMILES string of the molecule is Cc1ccc(CCc2ccccc2)cc1N.Cc1ccc(CCc2ccccc2)cc1NC(=O)c1ccco1.O=C(Nc1cc(CCc2ccccc2)ccc1C(=O)O)c1ccco1. The van der Waals surface area contributed by atoms with Gasteiger partial charge in [-0.2, -0.15) is 0 Å². The number of benzene rings is 6. The number of carbonyl (C=O) groups excluding carboxylic acids is 2. The predicted octanol–water partition coefficient (Wildman–Crippen LogP) is 12.0. The first-order chi connectivity index (χ1) is 31.1. The van der Waals surface area contributed by atoms with E-state index in [1.807, 2.05) is 68.4 Å². The summed E-state index contributed by atoms with van der Waals surface area (Å²) in [5.74, 6) is -1.35. The standard InChI is InChI=1S/C20H17NO4.C20H19NO2.C15H17N/c22-19(18-7-4-12-25-18)21-17-13-15(10-11-16(17)20(23)24)9-8-14-5-2-1-3-6-14;1-15-9-10-17(12-11-16-6-3-2-4-7-16)14-18(15)21-20(22)19-8-5-13-23-19;1-12-7-8-14(11-15(12)16)10-9-13-5-3-2-4-6-13/h1-7,10-13H,8-9H2,(H,21,22)(H,23,24);2-10,13-14H,11-12H2,1H3,(H,21,22);2-8,11H,9-10,16H2,1H3. The summed E-state index contributed by atoms with van der Waals surface area (Å²) in [4.78, 5) is 35.7. The van der Waals surface area contributed by atoms with E-state index in [-0.39, 0.29) is 22.9 Å². The van der Waals surface area contributed by atoms with Crippen molar-refractivity contribution in [2.24, 2.45) is 0 Å². The molecule has 0 saturated heterocycles. The number of carboxylic acids is 1. The number of anilines is 3. The van der Waals surface area contributed by atoms with E-state index in [1.165, 1.54) is 52.5 Å². The Morgan fingerprint density at radius 2 is 0.844 bits per heavy atom. The van der Waals surface area contributed by atoms with Gasteiger partial charge >= 0.3 is 5.97 Å². The van der Waals surface area contributed by atoms with Crippen LogP contribution in [0.5, 0.6) is 0 Å². The summed E-state index contributed by atoms with van der Waals surface area (Å²) >= 11 is 0. The Morgan fingerprint density at radius 3 is 1.27 bits per heavy atom. The van der Waals surface area contributed by atoms with Gasteiger partial charge in [-0.1, -0.05) is 121 Å². The van der Waals surface area contributed by atoms with Crippen LogP contribution < -0.4 is 16.4 Å². The zero-order valence-electron chi connectivity index (χ0n) is 36.1. The molecule has 0 saturated carbocycles. The molecule has 0 aliphatic heterocycles. The molecule has 8 rings (SSSR count). The Labute approximate surface area is 374 Å². The lowest BCUT2D eigenvalue weighted by Gasteiger charge is -2.10. The number of hydrogen-bond donors (Lipinski definition) is 4. The molecule has 9 heteroatoms. The molecular weight excluding hydrogens is 799 g/mol. The number of aryl methyl sites for hydroxylation is 8. The quantitative estimate of drug-likeness (QED) is 0.0796. The molecule has 2 amide bonds. The Morgan fingerprint density at radius 1 is 0.453 bits per heavy atom. The number of rotatable bonds is 14. The number of amides is 2. The van der Waals surface area contributed by atoms with Crippen molar-refractivity contribution in [3.8, 4) is 0 Å². The molecule has 8 aromatic rings. The van der Waals surface area contributed by atoms with Crippen molar-refractivity contribution in [1.82, 2.24) is 0 Å². The Balaban J connectivity index is 0.000000163. The molecule has 9 nitrogen and oxygen atoms in total. The van der Waals surface area contributed by atoms with Gasteiger partial charge in [0.1, 0.15) is 0 Å². The number of carbonyl (C=O) groups is 3. The third-order valence-corrected chi connectivity index (χ3v) is 10.6. The van der Waals surface area contributed by atoms with Gasteiger partial charge in [-0.05, 0) is 145 Å². The normalized spacial score (nSPS) is 10.4. The largest absolute Gasteiger partial charge is 0.478 e. The Hall–Kier alpha value is -7.91. The van der Waals surface area contributed by atoms with Gasteiger partial charge in [0.15, 0.2) is 11.5 Å². The van der Waals surface area contributed by atoms with E-state index in [0.717, 1.165) is 66.6 Å². The Kier molecular flexibility index (Phi) is 16.6. The van der Waals surface area contributed by atoms with Gasteiger partial charge in [0.05, 0.1) is 23.8 Å². The first-order valence-electron chi connectivity index (χ1n) is 21.2. The number of nitrogens with two attached hydrogens (primary N) is 1. The third kappa shape index (κ3) is 14.1. The highest BCUT2D eigenvalue weighted by Crippen LogP contribution is 2.22. The predicted molar refractivity (Wildman–Crippen MR) is 255 cm³/mol. The maximum Gasteiger partial charge on any atom is 0.337 e. The van der Waals surface area contributed by atoms with Gasteiger partial charge in [0.2, 0.25) is 0 Å². The van der Waals surface area contributed by atoms with Crippen LogP contribution in [0, 0.1) is 13.8 Å². The van der Waals surface area contributed by atoms with Crippen molar-refractivity contribution in [1.29, 1.82) is 0 Å². The number of aromatic carboxylic acids is 1. The van der Waals surface area contributed by atoms with Crippen LogP contribution in [0.2, 0.25) is 0 Å². The van der Waals surface area contributed by atoms with Crippen LogP contribution in [-0.4, -0.2) is 22.9 Å². The van der Waals surface area contributed by atoms with Crippen molar-refractivity contribution in [2.75, 3.05) is 16.4 Å². The summed E-state index contributed by atoms with van der Waals surface area (Å²) in [5, 5.41) is 14.9. The van der Waals surface area contributed by atoms with Crippen LogP contribution in [-0.2, 0) is 38.5 Å².